The van der Waals surface area contributed by atoms with Gasteiger partial charge in [-0.15, -0.1) is 0 Å². The zero-order valence-corrected chi connectivity index (χ0v) is 19.3. The van der Waals surface area contributed by atoms with E-state index < -0.39 is 6.04 Å². The fourth-order valence-electron chi connectivity index (χ4n) is 5.17. The van der Waals surface area contributed by atoms with Crippen LogP contribution in [0.3, 0.4) is 0 Å². The Morgan fingerprint density at radius 2 is 1.94 bits per heavy atom. The van der Waals surface area contributed by atoms with Crippen molar-refractivity contribution < 1.29 is 23.8 Å². The Kier molecular flexibility index (Phi) is 7.51. The van der Waals surface area contributed by atoms with Gasteiger partial charge in [-0.3, -0.25) is 9.59 Å². The second kappa shape index (κ2) is 10.5. The molecule has 1 aliphatic carbocycles. The molecule has 174 valence electrons. The van der Waals surface area contributed by atoms with E-state index >= 15 is 0 Å². The monoisotopic (exact) mass is 441 g/mol. The van der Waals surface area contributed by atoms with Crippen molar-refractivity contribution in [1.82, 2.24) is 4.90 Å². The van der Waals surface area contributed by atoms with Crippen LogP contribution in [0.25, 0.3) is 0 Å². The number of Topliss-reactive ketones (excluding diaryl/α,β-unsaturated/α-hetero) is 1. The van der Waals surface area contributed by atoms with E-state index in [1.165, 1.54) is 0 Å². The molecule has 6 heteroatoms. The minimum Gasteiger partial charge on any atom is -0.494 e. The lowest BCUT2D eigenvalue weighted by molar-refractivity contribution is -0.135. The Morgan fingerprint density at radius 3 is 2.75 bits per heavy atom. The largest absolute Gasteiger partial charge is 0.494 e. The number of ether oxygens (including phenoxy) is 3. The van der Waals surface area contributed by atoms with E-state index in [-0.39, 0.29) is 29.5 Å². The number of rotatable bonds is 10. The molecule has 3 atom stereocenters. The second-order valence-corrected chi connectivity index (χ2v) is 9.03. The van der Waals surface area contributed by atoms with Crippen molar-refractivity contribution in [2.24, 2.45) is 5.92 Å². The first kappa shape index (κ1) is 22.8. The van der Waals surface area contributed by atoms with Gasteiger partial charge in [0.05, 0.1) is 24.1 Å². The third-order valence-corrected chi connectivity index (χ3v) is 6.80. The quantitative estimate of drug-likeness (QED) is 0.497. The van der Waals surface area contributed by atoms with Gasteiger partial charge in [0.2, 0.25) is 0 Å². The summed E-state index contributed by atoms with van der Waals surface area (Å²) in [7, 11) is 1.66. The summed E-state index contributed by atoms with van der Waals surface area (Å²) >= 11 is 0. The second-order valence-electron chi connectivity index (χ2n) is 9.03. The van der Waals surface area contributed by atoms with Crippen molar-refractivity contribution in [2.75, 3.05) is 26.9 Å². The number of unbranched alkanes of at least 4 members (excludes halogenated alkanes) is 2. The molecule has 1 aromatic carbocycles. The van der Waals surface area contributed by atoms with Gasteiger partial charge in [0.1, 0.15) is 11.9 Å². The highest BCUT2D eigenvalue weighted by molar-refractivity contribution is 6.11. The highest BCUT2D eigenvalue weighted by Gasteiger charge is 2.51. The van der Waals surface area contributed by atoms with Gasteiger partial charge in [-0.25, -0.2) is 0 Å². The number of nitrogens with zero attached hydrogens (tertiary/aromatic N) is 1. The summed E-state index contributed by atoms with van der Waals surface area (Å²) < 4.78 is 17.4. The maximum absolute atomic E-state index is 13.6. The summed E-state index contributed by atoms with van der Waals surface area (Å²) in [6.45, 7) is 3.90. The van der Waals surface area contributed by atoms with Crippen molar-refractivity contribution in [3.05, 3.63) is 41.2 Å². The lowest BCUT2D eigenvalue weighted by Crippen LogP contribution is -2.39. The normalized spacial score (nSPS) is 24.9. The van der Waals surface area contributed by atoms with Crippen molar-refractivity contribution in [3.63, 3.8) is 0 Å². The Labute approximate surface area is 190 Å². The maximum Gasteiger partial charge on any atom is 0.290 e. The fourth-order valence-corrected chi connectivity index (χ4v) is 5.17. The van der Waals surface area contributed by atoms with Crippen molar-refractivity contribution in [2.45, 2.75) is 70.4 Å². The highest BCUT2D eigenvalue weighted by atomic mass is 16.5. The summed E-state index contributed by atoms with van der Waals surface area (Å²) in [5.74, 6) is 0.835. The third-order valence-electron chi connectivity index (χ3n) is 6.80. The number of methoxy groups -OCH3 is 1. The lowest BCUT2D eigenvalue weighted by Gasteiger charge is -2.35. The van der Waals surface area contributed by atoms with Gasteiger partial charge in [-0.1, -0.05) is 38.3 Å². The van der Waals surface area contributed by atoms with Gasteiger partial charge in [0.25, 0.3) is 5.91 Å². The van der Waals surface area contributed by atoms with Crippen LogP contribution in [-0.4, -0.2) is 49.6 Å². The number of benzene rings is 1. The molecule has 3 unspecified atom stereocenters. The Bertz CT molecular complexity index is 864. The molecule has 1 aromatic rings. The fraction of sp³-hybridized carbons (Fsp3) is 0.615. The van der Waals surface area contributed by atoms with E-state index in [2.05, 4.69) is 6.92 Å². The Balaban J connectivity index is 1.64. The molecule has 1 amide bonds. The molecule has 6 nitrogen and oxygen atoms in total. The van der Waals surface area contributed by atoms with Crippen molar-refractivity contribution in [3.8, 4) is 5.75 Å². The minimum absolute atomic E-state index is 0.0952. The highest BCUT2D eigenvalue weighted by Crippen LogP contribution is 2.47. The van der Waals surface area contributed by atoms with E-state index in [9.17, 15) is 9.59 Å². The smallest absolute Gasteiger partial charge is 0.290 e. The van der Waals surface area contributed by atoms with Gasteiger partial charge in [-0.2, -0.15) is 0 Å². The summed E-state index contributed by atoms with van der Waals surface area (Å²) in [6, 6.07) is 7.41. The van der Waals surface area contributed by atoms with Crippen LogP contribution in [0.15, 0.2) is 35.6 Å². The number of fused-ring (bicyclic) bond motifs is 1. The average Bonchev–Trinajstić information content (AvgIpc) is 3.09. The number of carbonyl (C=O) groups is 2. The van der Waals surface area contributed by atoms with Crippen LogP contribution >= 0.6 is 0 Å². The molecule has 0 spiro atoms. The van der Waals surface area contributed by atoms with E-state index in [1.807, 2.05) is 24.3 Å². The van der Waals surface area contributed by atoms with Crippen LogP contribution in [0.4, 0.5) is 0 Å². The van der Waals surface area contributed by atoms with Gasteiger partial charge in [0.15, 0.2) is 11.5 Å². The molecule has 1 saturated carbocycles. The lowest BCUT2D eigenvalue weighted by atomic mass is 9.77. The molecule has 32 heavy (non-hydrogen) atoms. The molecule has 2 aliphatic heterocycles. The van der Waals surface area contributed by atoms with E-state index in [0.717, 1.165) is 56.3 Å². The first-order valence-corrected chi connectivity index (χ1v) is 12.1. The standard InChI is InChI=1S/C26H35NO5/c1-3-4-7-16-31-19-11-8-10-18(17-19)23-22-24(28)20-12-5-6-13-21(20)32-25(22)26(29)27(23)14-9-15-30-2/h8,10-11,17,20-21,23H,3-7,9,12-16H2,1-2H3. The van der Waals surface area contributed by atoms with Gasteiger partial charge in [0, 0.05) is 20.3 Å². The summed E-state index contributed by atoms with van der Waals surface area (Å²) in [5.41, 5.74) is 1.44. The number of hydrogen-bond acceptors (Lipinski definition) is 5. The predicted molar refractivity (Wildman–Crippen MR) is 121 cm³/mol. The average molecular weight is 442 g/mol. The molecule has 2 heterocycles. The summed E-state index contributed by atoms with van der Waals surface area (Å²) in [5, 5.41) is 0. The molecular weight excluding hydrogens is 406 g/mol. The topological polar surface area (TPSA) is 65.1 Å². The number of carbonyl (C=O) groups excluding carboxylic acids is 2. The van der Waals surface area contributed by atoms with Crippen molar-refractivity contribution in [1.29, 1.82) is 0 Å². The predicted octanol–water partition coefficient (Wildman–Crippen LogP) is 4.59. The molecule has 0 aromatic heterocycles. The molecule has 0 radical (unpaired) electrons. The SMILES string of the molecule is CCCCCOc1cccc(C2C3=C(OC4CCCCC4C3=O)C(=O)N2CCCOC)c1. The van der Waals surface area contributed by atoms with Crippen molar-refractivity contribution >= 4 is 11.7 Å². The molecule has 3 aliphatic rings. The van der Waals surface area contributed by atoms with Gasteiger partial charge >= 0.3 is 0 Å². The molecular formula is C26H35NO5. The Morgan fingerprint density at radius 1 is 1.09 bits per heavy atom. The van der Waals surface area contributed by atoms with E-state index in [0.29, 0.717) is 31.8 Å². The van der Waals surface area contributed by atoms with Crippen LogP contribution in [0.1, 0.15) is 69.9 Å². The number of hydrogen-bond donors (Lipinski definition) is 0. The first-order valence-electron chi connectivity index (χ1n) is 12.1. The molecule has 4 rings (SSSR count). The number of ketones is 1. The molecule has 1 fully saturated rings. The first-order chi connectivity index (χ1) is 15.7. The summed E-state index contributed by atoms with van der Waals surface area (Å²) in [4.78, 5) is 28.8. The van der Waals surface area contributed by atoms with E-state index in [1.54, 1.807) is 12.0 Å². The third kappa shape index (κ3) is 4.56. The van der Waals surface area contributed by atoms with E-state index in [4.69, 9.17) is 14.2 Å². The summed E-state index contributed by atoms with van der Waals surface area (Å²) in [6.07, 6.45) is 7.59. The molecule has 0 bridgehead atoms. The zero-order valence-electron chi connectivity index (χ0n) is 19.3. The van der Waals surface area contributed by atoms with Gasteiger partial charge in [-0.05, 0) is 49.8 Å². The molecule has 0 saturated heterocycles. The van der Waals surface area contributed by atoms with Crippen LogP contribution < -0.4 is 4.74 Å². The number of amides is 1. The van der Waals surface area contributed by atoms with Gasteiger partial charge < -0.3 is 19.1 Å². The molecule has 0 N–H and O–H groups in total. The Hall–Kier alpha value is -2.34. The van der Waals surface area contributed by atoms with Crippen LogP contribution in [0, 0.1) is 5.92 Å². The maximum atomic E-state index is 13.6. The minimum atomic E-state index is -0.427. The van der Waals surface area contributed by atoms with Crippen LogP contribution in [0.2, 0.25) is 0 Å². The zero-order chi connectivity index (χ0) is 22.5. The van der Waals surface area contributed by atoms with Crippen LogP contribution in [0.5, 0.6) is 5.75 Å². The van der Waals surface area contributed by atoms with Crippen LogP contribution in [-0.2, 0) is 19.1 Å².